The molecule has 0 aliphatic carbocycles. The summed E-state index contributed by atoms with van der Waals surface area (Å²) in [5, 5.41) is 3.04. The van der Waals surface area contributed by atoms with Gasteiger partial charge in [0.15, 0.2) is 0 Å². The molecule has 1 amide bonds. The number of carbonyl (C=O) groups excluding carboxylic acids is 1. The van der Waals surface area contributed by atoms with Crippen LogP contribution in [-0.2, 0) is 10.0 Å². The summed E-state index contributed by atoms with van der Waals surface area (Å²) >= 11 is 0. The number of ether oxygens (including phenoxy) is 1. The normalized spacial score (nSPS) is 16.6. The van der Waals surface area contributed by atoms with Crippen LogP contribution in [0.2, 0.25) is 0 Å². The summed E-state index contributed by atoms with van der Waals surface area (Å²) < 4.78 is 32.9. The van der Waals surface area contributed by atoms with Crippen LogP contribution in [0.5, 0.6) is 5.75 Å². The highest BCUT2D eigenvalue weighted by Gasteiger charge is 2.28. The number of sulfonamides is 1. The molecule has 1 heterocycles. The van der Waals surface area contributed by atoms with E-state index >= 15 is 0 Å². The molecular formula is C24H32N2O4S. The van der Waals surface area contributed by atoms with Gasteiger partial charge in [0.25, 0.3) is 5.91 Å². The number of hydrogen-bond donors (Lipinski definition) is 1. The van der Waals surface area contributed by atoms with E-state index in [-0.39, 0.29) is 16.8 Å². The molecule has 1 N–H and O–H groups in total. The van der Waals surface area contributed by atoms with E-state index in [4.69, 9.17) is 4.74 Å². The lowest BCUT2D eigenvalue weighted by Gasteiger charge is -2.29. The summed E-state index contributed by atoms with van der Waals surface area (Å²) in [6.07, 6.45) is 2.43. The number of amides is 1. The molecule has 168 valence electrons. The Bertz CT molecular complexity index is 1030. The second-order valence-corrected chi connectivity index (χ2v) is 10.2. The van der Waals surface area contributed by atoms with E-state index in [1.807, 2.05) is 32.0 Å². The van der Waals surface area contributed by atoms with Crippen molar-refractivity contribution in [3.05, 3.63) is 59.2 Å². The average Bonchev–Trinajstić information content (AvgIpc) is 2.77. The van der Waals surface area contributed by atoms with Gasteiger partial charge in [-0.3, -0.25) is 4.79 Å². The van der Waals surface area contributed by atoms with Crippen molar-refractivity contribution in [2.75, 3.05) is 20.2 Å². The number of rotatable bonds is 7. The van der Waals surface area contributed by atoms with Crippen LogP contribution in [0.4, 0.5) is 0 Å². The molecule has 1 fully saturated rings. The van der Waals surface area contributed by atoms with Gasteiger partial charge >= 0.3 is 0 Å². The number of piperidine rings is 1. The van der Waals surface area contributed by atoms with Gasteiger partial charge in [-0.05, 0) is 67.5 Å². The maximum atomic E-state index is 13.0. The Balaban J connectivity index is 1.78. The minimum Gasteiger partial charge on any atom is -0.496 e. The van der Waals surface area contributed by atoms with Gasteiger partial charge in [0.2, 0.25) is 10.0 Å². The first-order chi connectivity index (χ1) is 14.8. The van der Waals surface area contributed by atoms with Crippen LogP contribution in [0, 0.1) is 12.8 Å². The molecule has 2 aromatic carbocycles. The number of carbonyl (C=O) groups is 1. The predicted octanol–water partition coefficient (Wildman–Crippen LogP) is 4.31. The van der Waals surface area contributed by atoms with Gasteiger partial charge in [-0.15, -0.1) is 0 Å². The van der Waals surface area contributed by atoms with Crippen LogP contribution < -0.4 is 10.1 Å². The predicted molar refractivity (Wildman–Crippen MR) is 122 cm³/mol. The highest BCUT2D eigenvalue weighted by Crippen LogP contribution is 2.26. The first-order valence-corrected chi connectivity index (χ1v) is 12.3. The third-order valence-corrected chi connectivity index (χ3v) is 7.91. The highest BCUT2D eigenvalue weighted by atomic mass is 32.2. The largest absolute Gasteiger partial charge is 0.496 e. The minimum absolute atomic E-state index is 0.169. The van der Waals surface area contributed by atoms with E-state index in [0.29, 0.717) is 31.0 Å². The summed E-state index contributed by atoms with van der Waals surface area (Å²) in [4.78, 5) is 13.1. The second-order valence-electron chi connectivity index (χ2n) is 8.28. The van der Waals surface area contributed by atoms with Crippen molar-refractivity contribution in [3.8, 4) is 5.75 Å². The van der Waals surface area contributed by atoms with Crippen LogP contribution in [-0.4, -0.2) is 38.8 Å². The van der Waals surface area contributed by atoms with E-state index in [1.54, 1.807) is 25.3 Å². The lowest BCUT2D eigenvalue weighted by atomic mass is 10.0. The molecule has 3 rings (SSSR count). The number of benzene rings is 2. The van der Waals surface area contributed by atoms with Crippen molar-refractivity contribution in [2.45, 2.75) is 51.0 Å². The summed E-state index contributed by atoms with van der Waals surface area (Å²) in [6, 6.07) is 12.0. The Labute approximate surface area is 185 Å². The number of nitrogens with one attached hydrogen (secondary N) is 1. The Hall–Kier alpha value is -2.38. The number of nitrogens with zero attached hydrogens (tertiary/aromatic N) is 1. The second kappa shape index (κ2) is 9.83. The van der Waals surface area contributed by atoms with E-state index in [0.717, 1.165) is 29.7 Å². The molecule has 0 spiro atoms. The molecule has 0 radical (unpaired) electrons. The van der Waals surface area contributed by atoms with E-state index in [1.165, 1.54) is 10.4 Å². The molecule has 6 nitrogen and oxygen atoms in total. The van der Waals surface area contributed by atoms with Gasteiger partial charge in [-0.1, -0.05) is 32.0 Å². The SMILES string of the molecule is CC[C@H](NC(=O)c1cccc(S(=O)(=O)N2CCC(C)CC2)c1)c1ccc(OC)c(C)c1. The first-order valence-electron chi connectivity index (χ1n) is 10.8. The van der Waals surface area contributed by atoms with Crippen LogP contribution in [0.3, 0.4) is 0 Å². The van der Waals surface area contributed by atoms with Crippen LogP contribution in [0.25, 0.3) is 0 Å². The molecule has 0 bridgehead atoms. The van der Waals surface area contributed by atoms with Crippen molar-refractivity contribution in [1.29, 1.82) is 0 Å². The van der Waals surface area contributed by atoms with Crippen molar-refractivity contribution < 1.29 is 17.9 Å². The van der Waals surface area contributed by atoms with Gasteiger partial charge in [0.05, 0.1) is 18.0 Å². The third-order valence-electron chi connectivity index (χ3n) is 6.01. The zero-order valence-corrected chi connectivity index (χ0v) is 19.5. The molecule has 7 heteroatoms. The monoisotopic (exact) mass is 444 g/mol. The van der Waals surface area contributed by atoms with Gasteiger partial charge in [0.1, 0.15) is 5.75 Å². The highest BCUT2D eigenvalue weighted by molar-refractivity contribution is 7.89. The summed E-state index contributed by atoms with van der Waals surface area (Å²) in [5.41, 5.74) is 2.33. The topological polar surface area (TPSA) is 75.7 Å². The Kier molecular flexibility index (Phi) is 7.38. The molecule has 0 unspecified atom stereocenters. The summed E-state index contributed by atoms with van der Waals surface area (Å²) in [5.74, 6) is 1.05. The number of aryl methyl sites for hydroxylation is 1. The Morgan fingerprint density at radius 2 is 1.90 bits per heavy atom. The fourth-order valence-electron chi connectivity index (χ4n) is 3.95. The van der Waals surface area contributed by atoms with Crippen molar-refractivity contribution in [2.24, 2.45) is 5.92 Å². The Morgan fingerprint density at radius 3 is 2.52 bits per heavy atom. The molecule has 0 aromatic heterocycles. The molecule has 1 aliphatic heterocycles. The molecular weight excluding hydrogens is 412 g/mol. The molecule has 1 aliphatic rings. The van der Waals surface area contributed by atoms with Crippen molar-refractivity contribution in [3.63, 3.8) is 0 Å². The minimum atomic E-state index is -3.60. The first kappa shape index (κ1) is 23.3. The summed E-state index contributed by atoms with van der Waals surface area (Å²) in [6.45, 7) is 7.15. The Morgan fingerprint density at radius 1 is 1.19 bits per heavy atom. The van der Waals surface area contributed by atoms with Crippen molar-refractivity contribution in [1.82, 2.24) is 9.62 Å². The molecule has 1 saturated heterocycles. The van der Waals surface area contributed by atoms with Gasteiger partial charge in [-0.2, -0.15) is 4.31 Å². The zero-order valence-electron chi connectivity index (χ0n) is 18.7. The lowest BCUT2D eigenvalue weighted by molar-refractivity contribution is 0.0935. The van der Waals surface area contributed by atoms with Gasteiger partial charge < -0.3 is 10.1 Å². The zero-order chi connectivity index (χ0) is 22.6. The van der Waals surface area contributed by atoms with Crippen LogP contribution in [0.15, 0.2) is 47.4 Å². The maximum absolute atomic E-state index is 13.0. The number of hydrogen-bond acceptors (Lipinski definition) is 4. The third kappa shape index (κ3) is 5.28. The maximum Gasteiger partial charge on any atom is 0.251 e. The van der Waals surface area contributed by atoms with Crippen molar-refractivity contribution >= 4 is 15.9 Å². The van der Waals surface area contributed by atoms with E-state index < -0.39 is 10.0 Å². The van der Waals surface area contributed by atoms with Gasteiger partial charge in [0, 0.05) is 18.7 Å². The average molecular weight is 445 g/mol. The summed E-state index contributed by atoms with van der Waals surface area (Å²) in [7, 11) is -1.97. The standard InChI is InChI=1S/C24H32N2O4S/c1-5-22(19-9-10-23(30-4)18(3)15-19)25-24(27)20-7-6-8-21(16-20)31(28,29)26-13-11-17(2)12-14-26/h6-10,15-17,22H,5,11-14H2,1-4H3,(H,25,27)/t22-/m0/s1. The number of methoxy groups -OCH3 is 1. The van der Waals surface area contributed by atoms with Gasteiger partial charge in [-0.25, -0.2) is 8.42 Å². The quantitative estimate of drug-likeness (QED) is 0.691. The smallest absolute Gasteiger partial charge is 0.251 e. The molecule has 0 saturated carbocycles. The van der Waals surface area contributed by atoms with Crippen LogP contribution in [0.1, 0.15) is 60.6 Å². The molecule has 31 heavy (non-hydrogen) atoms. The van der Waals surface area contributed by atoms with E-state index in [9.17, 15) is 13.2 Å². The molecule has 2 aromatic rings. The fraction of sp³-hybridized carbons (Fsp3) is 0.458. The van der Waals surface area contributed by atoms with Crippen LogP contribution >= 0.6 is 0 Å². The van der Waals surface area contributed by atoms with E-state index in [2.05, 4.69) is 12.2 Å². The fourth-order valence-corrected chi connectivity index (χ4v) is 5.47. The molecule has 1 atom stereocenters. The lowest BCUT2D eigenvalue weighted by Crippen LogP contribution is -2.38.